The summed E-state index contributed by atoms with van der Waals surface area (Å²) >= 11 is 0. The van der Waals surface area contributed by atoms with E-state index in [-0.39, 0.29) is 52.1 Å². The highest BCUT2D eigenvalue weighted by Gasteiger charge is 2.37. The van der Waals surface area contributed by atoms with Gasteiger partial charge in [-0.2, -0.15) is 0 Å². The Labute approximate surface area is 196 Å². The van der Waals surface area contributed by atoms with Crippen molar-refractivity contribution in [2.45, 2.75) is 73.2 Å². The average molecular weight is 449 g/mol. The van der Waals surface area contributed by atoms with Gasteiger partial charge in [-0.3, -0.25) is 9.59 Å². The van der Waals surface area contributed by atoms with Crippen molar-refractivity contribution >= 4 is 11.6 Å². The molecule has 2 aromatic carbocycles. The van der Waals surface area contributed by atoms with Gasteiger partial charge in [0.15, 0.2) is 5.78 Å². The standard InChI is InChI=1S/C28H32O5/c1-8-17(6)12-13-21(29)23-18(7)14-20-25(28(23)33-16(4)5)27(31)24-19(26(20)30)10-9-11-22(24)32-15(2)3/h9-11,14-17,21,29H,8H2,1-7H3/t17-,21?/m0/s1. The van der Waals surface area contributed by atoms with Gasteiger partial charge in [0.1, 0.15) is 17.6 Å². The van der Waals surface area contributed by atoms with Crippen LogP contribution < -0.4 is 9.47 Å². The van der Waals surface area contributed by atoms with E-state index >= 15 is 0 Å². The Morgan fingerprint density at radius 1 is 0.909 bits per heavy atom. The normalized spacial score (nSPS) is 14.4. The molecule has 174 valence electrons. The second-order valence-electron chi connectivity index (χ2n) is 9.03. The predicted molar refractivity (Wildman–Crippen MR) is 128 cm³/mol. The van der Waals surface area contributed by atoms with Crippen molar-refractivity contribution < 1.29 is 24.2 Å². The molecule has 3 rings (SSSR count). The van der Waals surface area contributed by atoms with Crippen LogP contribution in [0.25, 0.3) is 0 Å². The molecule has 33 heavy (non-hydrogen) atoms. The van der Waals surface area contributed by atoms with Crippen LogP contribution in [0.2, 0.25) is 0 Å². The lowest BCUT2D eigenvalue weighted by molar-refractivity contribution is 0.0967. The SMILES string of the molecule is CC[C@H](C)C#CC(O)c1c(C)cc2c(c1OC(C)C)C(=O)c1c(OC(C)C)cccc1C2=O. The van der Waals surface area contributed by atoms with Crippen LogP contribution in [0, 0.1) is 24.7 Å². The van der Waals surface area contributed by atoms with Crippen molar-refractivity contribution in [3.8, 4) is 23.3 Å². The fraction of sp³-hybridized carbons (Fsp3) is 0.429. The van der Waals surface area contributed by atoms with Crippen LogP contribution in [0.4, 0.5) is 0 Å². The topological polar surface area (TPSA) is 72.8 Å². The number of aryl methyl sites for hydroxylation is 1. The minimum absolute atomic E-state index is 0.123. The van der Waals surface area contributed by atoms with E-state index < -0.39 is 6.10 Å². The molecule has 1 aliphatic rings. The summed E-state index contributed by atoms with van der Waals surface area (Å²) in [5.41, 5.74) is 2.04. The number of aliphatic hydroxyl groups is 1. The first kappa shape index (κ1) is 24.5. The molecule has 2 aromatic rings. The predicted octanol–water partition coefficient (Wildman–Crippen LogP) is 5.43. The minimum atomic E-state index is -1.15. The molecule has 0 aliphatic heterocycles. The fourth-order valence-corrected chi connectivity index (χ4v) is 3.88. The largest absolute Gasteiger partial charge is 0.490 e. The molecule has 0 amide bonds. The zero-order valence-electron chi connectivity index (χ0n) is 20.4. The highest BCUT2D eigenvalue weighted by atomic mass is 16.5. The number of carbonyl (C=O) groups excluding carboxylic acids is 2. The van der Waals surface area contributed by atoms with Gasteiger partial charge in [-0.05, 0) is 58.7 Å². The molecule has 1 N–H and O–H groups in total. The van der Waals surface area contributed by atoms with Gasteiger partial charge in [0, 0.05) is 22.6 Å². The van der Waals surface area contributed by atoms with Crippen LogP contribution >= 0.6 is 0 Å². The van der Waals surface area contributed by atoms with Gasteiger partial charge in [0.25, 0.3) is 0 Å². The molecular weight excluding hydrogens is 416 g/mol. The van der Waals surface area contributed by atoms with Crippen molar-refractivity contribution in [1.29, 1.82) is 0 Å². The quantitative estimate of drug-likeness (QED) is 0.509. The zero-order valence-corrected chi connectivity index (χ0v) is 20.4. The zero-order chi connectivity index (χ0) is 24.4. The van der Waals surface area contributed by atoms with Crippen LogP contribution in [0.3, 0.4) is 0 Å². The van der Waals surface area contributed by atoms with E-state index in [9.17, 15) is 14.7 Å². The first-order valence-electron chi connectivity index (χ1n) is 11.5. The molecule has 0 fully saturated rings. The third kappa shape index (κ3) is 4.82. The van der Waals surface area contributed by atoms with Crippen molar-refractivity contribution in [3.05, 3.63) is 57.6 Å². The van der Waals surface area contributed by atoms with Gasteiger partial charge in [-0.1, -0.05) is 37.8 Å². The van der Waals surface area contributed by atoms with Crippen LogP contribution in [-0.2, 0) is 0 Å². The number of hydrogen-bond donors (Lipinski definition) is 1. The monoisotopic (exact) mass is 448 g/mol. The van der Waals surface area contributed by atoms with Crippen molar-refractivity contribution in [2.75, 3.05) is 0 Å². The van der Waals surface area contributed by atoms with E-state index in [2.05, 4.69) is 11.8 Å². The summed E-state index contributed by atoms with van der Waals surface area (Å²) in [5.74, 6) is 6.04. The molecule has 0 saturated heterocycles. The molecule has 1 unspecified atom stereocenters. The van der Waals surface area contributed by atoms with Crippen LogP contribution in [0.1, 0.15) is 97.0 Å². The van der Waals surface area contributed by atoms with Crippen LogP contribution in [0.15, 0.2) is 24.3 Å². The Hall–Kier alpha value is -3.10. The first-order chi connectivity index (χ1) is 15.6. The van der Waals surface area contributed by atoms with Gasteiger partial charge >= 0.3 is 0 Å². The van der Waals surface area contributed by atoms with Crippen molar-refractivity contribution in [2.24, 2.45) is 5.92 Å². The van der Waals surface area contributed by atoms with Gasteiger partial charge in [-0.25, -0.2) is 0 Å². The average Bonchev–Trinajstić information content (AvgIpc) is 2.74. The maximum atomic E-state index is 13.8. The number of rotatable bonds is 6. The lowest BCUT2D eigenvalue weighted by atomic mass is 9.80. The van der Waals surface area contributed by atoms with Gasteiger partial charge < -0.3 is 14.6 Å². The number of ether oxygens (including phenoxy) is 2. The summed E-state index contributed by atoms with van der Waals surface area (Å²) in [4.78, 5) is 27.3. The number of aliphatic hydroxyl groups excluding tert-OH is 1. The lowest BCUT2D eigenvalue weighted by Crippen LogP contribution is -2.26. The molecular formula is C28H32O5. The first-order valence-corrected chi connectivity index (χ1v) is 11.5. The summed E-state index contributed by atoms with van der Waals surface area (Å²) in [6, 6.07) is 6.71. The summed E-state index contributed by atoms with van der Waals surface area (Å²) in [6.07, 6.45) is -0.737. The fourth-order valence-electron chi connectivity index (χ4n) is 3.88. The number of hydrogen-bond acceptors (Lipinski definition) is 5. The molecule has 0 radical (unpaired) electrons. The van der Waals surface area contributed by atoms with Gasteiger partial charge in [0.05, 0.1) is 23.3 Å². The number of carbonyl (C=O) groups is 2. The van der Waals surface area contributed by atoms with E-state index in [0.29, 0.717) is 22.4 Å². The van der Waals surface area contributed by atoms with Gasteiger partial charge in [0.2, 0.25) is 5.78 Å². The molecule has 5 nitrogen and oxygen atoms in total. The minimum Gasteiger partial charge on any atom is -0.490 e. The molecule has 0 heterocycles. The van der Waals surface area contributed by atoms with Crippen LogP contribution in [0.5, 0.6) is 11.5 Å². The Bertz CT molecular complexity index is 1150. The third-order valence-electron chi connectivity index (χ3n) is 5.56. The Kier molecular flexibility index (Phi) is 7.29. The van der Waals surface area contributed by atoms with Crippen molar-refractivity contribution in [3.63, 3.8) is 0 Å². The summed E-state index contributed by atoms with van der Waals surface area (Å²) < 4.78 is 12.0. The van der Waals surface area contributed by atoms with E-state index in [1.165, 1.54) is 0 Å². The van der Waals surface area contributed by atoms with E-state index in [0.717, 1.165) is 6.42 Å². The Balaban J connectivity index is 2.28. The maximum absolute atomic E-state index is 13.8. The molecule has 0 aromatic heterocycles. The molecule has 0 saturated carbocycles. The molecule has 5 heteroatoms. The van der Waals surface area contributed by atoms with Gasteiger partial charge in [-0.15, -0.1) is 0 Å². The Morgan fingerprint density at radius 2 is 1.58 bits per heavy atom. The highest BCUT2D eigenvalue weighted by molar-refractivity contribution is 6.30. The third-order valence-corrected chi connectivity index (χ3v) is 5.56. The molecule has 0 bridgehead atoms. The summed E-state index contributed by atoms with van der Waals surface area (Å²) in [7, 11) is 0. The highest BCUT2D eigenvalue weighted by Crippen LogP contribution is 2.42. The van der Waals surface area contributed by atoms with Crippen LogP contribution in [-0.4, -0.2) is 28.9 Å². The summed E-state index contributed by atoms with van der Waals surface area (Å²) in [5, 5.41) is 11.0. The van der Waals surface area contributed by atoms with Crippen molar-refractivity contribution in [1.82, 2.24) is 0 Å². The smallest absolute Gasteiger partial charge is 0.201 e. The number of ketones is 2. The second kappa shape index (κ2) is 9.80. The van der Waals surface area contributed by atoms with E-state index in [1.807, 2.05) is 41.5 Å². The molecule has 2 atom stereocenters. The lowest BCUT2D eigenvalue weighted by Gasteiger charge is -2.27. The molecule has 1 aliphatic carbocycles. The summed E-state index contributed by atoms with van der Waals surface area (Å²) in [6.45, 7) is 13.2. The number of benzene rings is 2. The van der Waals surface area contributed by atoms with E-state index in [4.69, 9.17) is 9.47 Å². The number of fused-ring (bicyclic) bond motifs is 2. The molecule has 0 spiro atoms. The van der Waals surface area contributed by atoms with E-state index in [1.54, 1.807) is 31.2 Å². The Morgan fingerprint density at radius 3 is 2.18 bits per heavy atom. The maximum Gasteiger partial charge on any atom is 0.201 e. The second-order valence-corrected chi connectivity index (χ2v) is 9.03.